The number of hydrogen-bond donors (Lipinski definition) is 0. The second-order valence-corrected chi connectivity index (χ2v) is 7.03. The van der Waals surface area contributed by atoms with Gasteiger partial charge in [0.2, 0.25) is 10.0 Å². The summed E-state index contributed by atoms with van der Waals surface area (Å²) < 4.78 is 37.3. The molecule has 0 radical (unpaired) electrons. The first-order valence-corrected chi connectivity index (χ1v) is 8.28. The molecule has 0 aliphatic carbocycles. The fraction of sp³-hybridized carbons (Fsp3) is 0.400. The van der Waals surface area contributed by atoms with Crippen LogP contribution in [0, 0.1) is 13.8 Å². The van der Waals surface area contributed by atoms with Gasteiger partial charge in [0.05, 0.1) is 13.2 Å². The molecule has 1 aromatic heterocycles. The van der Waals surface area contributed by atoms with E-state index in [0.29, 0.717) is 11.4 Å². The molecule has 22 heavy (non-hydrogen) atoms. The minimum atomic E-state index is -3.71. The Morgan fingerprint density at radius 2 is 1.91 bits per heavy atom. The minimum Gasteiger partial charge on any atom is -0.496 e. The van der Waals surface area contributed by atoms with Crippen molar-refractivity contribution in [2.24, 2.45) is 0 Å². The molecular weight excluding hydrogens is 304 g/mol. The molecule has 0 fully saturated rings. The molecule has 0 N–H and O–H groups in total. The first kappa shape index (κ1) is 16.5. The molecule has 0 spiro atoms. The molecule has 0 bridgehead atoms. The van der Waals surface area contributed by atoms with Crippen LogP contribution in [0.3, 0.4) is 0 Å². The molecule has 2 rings (SSSR count). The van der Waals surface area contributed by atoms with E-state index in [2.05, 4.69) is 5.16 Å². The average Bonchev–Trinajstić information content (AvgIpc) is 2.85. The lowest BCUT2D eigenvalue weighted by Crippen LogP contribution is -2.30. The quantitative estimate of drug-likeness (QED) is 0.845. The molecule has 1 atom stereocenters. The zero-order valence-corrected chi connectivity index (χ0v) is 14.1. The number of methoxy groups -OCH3 is 1. The second-order valence-electron chi connectivity index (χ2n) is 5.09. The number of rotatable bonds is 5. The zero-order valence-electron chi connectivity index (χ0n) is 13.3. The Hall–Kier alpha value is -1.86. The van der Waals surface area contributed by atoms with Gasteiger partial charge < -0.3 is 9.26 Å². The Balaban J connectivity index is 2.44. The van der Waals surface area contributed by atoms with Crippen molar-refractivity contribution in [1.29, 1.82) is 0 Å². The monoisotopic (exact) mass is 324 g/mol. The van der Waals surface area contributed by atoms with Crippen molar-refractivity contribution in [3.8, 4) is 5.75 Å². The molecule has 0 saturated heterocycles. The Morgan fingerprint density at radius 3 is 2.45 bits per heavy atom. The van der Waals surface area contributed by atoms with Gasteiger partial charge in [-0.2, -0.15) is 4.31 Å². The third-order valence-corrected chi connectivity index (χ3v) is 5.91. The molecule has 2 aromatic rings. The molecule has 0 amide bonds. The highest BCUT2D eigenvalue weighted by Gasteiger charge is 2.32. The van der Waals surface area contributed by atoms with Crippen molar-refractivity contribution in [2.45, 2.75) is 31.7 Å². The summed E-state index contributed by atoms with van der Waals surface area (Å²) in [4.78, 5) is 0.122. The molecular formula is C15H20N2O4S. The van der Waals surface area contributed by atoms with Crippen LogP contribution in [0.4, 0.5) is 0 Å². The molecule has 1 aromatic carbocycles. The lowest BCUT2D eigenvalue weighted by Gasteiger charge is -2.25. The summed E-state index contributed by atoms with van der Waals surface area (Å²) in [5, 5.41) is 3.73. The number of aromatic nitrogens is 1. The summed E-state index contributed by atoms with van der Waals surface area (Å²) >= 11 is 0. The van der Waals surface area contributed by atoms with Crippen molar-refractivity contribution in [3.05, 3.63) is 41.3 Å². The molecule has 0 aliphatic rings. The Bertz CT molecular complexity index is 748. The van der Waals surface area contributed by atoms with E-state index in [9.17, 15) is 8.42 Å². The SMILES string of the molecule is COc1ccccc1[C@H](C)N(C)S(=O)(=O)c1c(C)noc1C. The summed E-state index contributed by atoms with van der Waals surface area (Å²) in [7, 11) is -0.604. The maximum Gasteiger partial charge on any atom is 0.248 e. The summed E-state index contributed by atoms with van der Waals surface area (Å²) in [5.41, 5.74) is 1.15. The number of aryl methyl sites for hydroxylation is 2. The first-order chi connectivity index (χ1) is 10.3. The van der Waals surface area contributed by atoms with E-state index in [1.165, 1.54) is 4.31 Å². The van der Waals surface area contributed by atoms with E-state index < -0.39 is 16.1 Å². The van der Waals surface area contributed by atoms with Gasteiger partial charge in [0, 0.05) is 12.6 Å². The number of benzene rings is 1. The lowest BCUT2D eigenvalue weighted by atomic mass is 10.1. The van der Waals surface area contributed by atoms with Gasteiger partial charge in [0.15, 0.2) is 5.76 Å². The average molecular weight is 324 g/mol. The van der Waals surface area contributed by atoms with Gasteiger partial charge in [-0.25, -0.2) is 8.42 Å². The number of ether oxygens (including phenoxy) is 1. The van der Waals surface area contributed by atoms with E-state index >= 15 is 0 Å². The van der Waals surface area contributed by atoms with Gasteiger partial charge in [-0.15, -0.1) is 0 Å². The third kappa shape index (κ3) is 2.74. The largest absolute Gasteiger partial charge is 0.496 e. The van der Waals surface area contributed by atoms with Gasteiger partial charge >= 0.3 is 0 Å². The van der Waals surface area contributed by atoms with Gasteiger partial charge in [-0.05, 0) is 26.8 Å². The fourth-order valence-corrected chi connectivity index (χ4v) is 4.03. The highest BCUT2D eigenvalue weighted by Crippen LogP contribution is 2.33. The standard InChI is InChI=1S/C15H20N2O4S/c1-10-15(12(3)21-16-10)22(18,19)17(4)11(2)13-8-6-7-9-14(13)20-5/h6-9,11H,1-5H3/t11-/m0/s1. The van der Waals surface area contributed by atoms with Crippen LogP contribution in [0.25, 0.3) is 0 Å². The molecule has 1 heterocycles. The van der Waals surface area contributed by atoms with E-state index in [4.69, 9.17) is 9.26 Å². The van der Waals surface area contributed by atoms with Gasteiger partial charge in [0.1, 0.15) is 16.3 Å². The number of nitrogens with zero attached hydrogens (tertiary/aromatic N) is 2. The van der Waals surface area contributed by atoms with Crippen LogP contribution in [0.1, 0.15) is 30.0 Å². The second kappa shape index (κ2) is 6.10. The normalized spacial score (nSPS) is 13.4. The van der Waals surface area contributed by atoms with Crippen molar-refractivity contribution in [3.63, 3.8) is 0 Å². The van der Waals surface area contributed by atoms with Crippen molar-refractivity contribution in [2.75, 3.05) is 14.2 Å². The number of hydrogen-bond acceptors (Lipinski definition) is 5. The highest BCUT2D eigenvalue weighted by molar-refractivity contribution is 7.89. The molecule has 7 heteroatoms. The predicted molar refractivity (Wildman–Crippen MR) is 82.3 cm³/mol. The van der Waals surface area contributed by atoms with Crippen LogP contribution < -0.4 is 4.74 Å². The summed E-state index contributed by atoms with van der Waals surface area (Å²) in [5.74, 6) is 0.937. The molecule has 6 nitrogen and oxygen atoms in total. The van der Waals surface area contributed by atoms with E-state index in [1.807, 2.05) is 31.2 Å². The third-order valence-electron chi connectivity index (χ3n) is 3.74. The smallest absolute Gasteiger partial charge is 0.248 e. The van der Waals surface area contributed by atoms with Gasteiger partial charge in [0.25, 0.3) is 0 Å². The van der Waals surface area contributed by atoms with Crippen LogP contribution in [-0.4, -0.2) is 32.0 Å². The Morgan fingerprint density at radius 1 is 1.27 bits per heavy atom. The van der Waals surface area contributed by atoms with Crippen LogP contribution in [0.5, 0.6) is 5.75 Å². The van der Waals surface area contributed by atoms with Crippen molar-refractivity contribution < 1.29 is 17.7 Å². The van der Waals surface area contributed by atoms with Crippen LogP contribution in [-0.2, 0) is 10.0 Å². The lowest BCUT2D eigenvalue weighted by molar-refractivity contribution is 0.365. The maximum atomic E-state index is 12.8. The van der Waals surface area contributed by atoms with Crippen molar-refractivity contribution >= 4 is 10.0 Å². The van der Waals surface area contributed by atoms with Crippen LogP contribution >= 0.6 is 0 Å². The van der Waals surface area contributed by atoms with E-state index in [1.54, 1.807) is 28.0 Å². The van der Waals surface area contributed by atoms with Gasteiger partial charge in [-0.3, -0.25) is 0 Å². The minimum absolute atomic E-state index is 0.122. The molecule has 0 aliphatic heterocycles. The summed E-state index contributed by atoms with van der Waals surface area (Å²) in [6, 6.07) is 6.96. The molecule has 120 valence electrons. The van der Waals surface area contributed by atoms with Crippen LogP contribution in [0.15, 0.2) is 33.7 Å². The van der Waals surface area contributed by atoms with Crippen LogP contribution in [0.2, 0.25) is 0 Å². The Labute approximate surface area is 130 Å². The number of para-hydroxylation sites is 1. The topological polar surface area (TPSA) is 72.6 Å². The summed E-state index contributed by atoms with van der Waals surface area (Å²) in [6.45, 7) is 5.02. The Kier molecular flexibility index (Phi) is 4.58. The maximum absolute atomic E-state index is 12.8. The molecule has 0 unspecified atom stereocenters. The predicted octanol–water partition coefficient (Wildman–Crippen LogP) is 2.68. The van der Waals surface area contributed by atoms with Crippen molar-refractivity contribution in [1.82, 2.24) is 9.46 Å². The van der Waals surface area contributed by atoms with Gasteiger partial charge in [-0.1, -0.05) is 23.4 Å². The van der Waals surface area contributed by atoms with E-state index in [0.717, 1.165) is 5.56 Å². The fourth-order valence-electron chi connectivity index (χ4n) is 2.40. The number of sulfonamides is 1. The molecule has 0 saturated carbocycles. The first-order valence-electron chi connectivity index (χ1n) is 6.84. The zero-order chi connectivity index (χ0) is 16.5. The van der Waals surface area contributed by atoms with E-state index in [-0.39, 0.29) is 10.7 Å². The summed E-state index contributed by atoms with van der Waals surface area (Å²) in [6.07, 6.45) is 0. The highest BCUT2D eigenvalue weighted by atomic mass is 32.2.